The predicted octanol–water partition coefficient (Wildman–Crippen LogP) is 4.63. The Morgan fingerprint density at radius 2 is 1.67 bits per heavy atom. The standard InChI is InChI=1S/C15H21NS2/c1-2-3-8-15(9-10-16,13-6-4-11-17-13)14-7-5-12-18-14/h4-7,11-12H,2-3,8-10,16H2,1H3. The van der Waals surface area contributed by atoms with E-state index >= 15 is 0 Å². The van der Waals surface area contributed by atoms with E-state index in [9.17, 15) is 0 Å². The van der Waals surface area contributed by atoms with Crippen LogP contribution >= 0.6 is 22.7 Å². The minimum atomic E-state index is 0.160. The molecule has 1 nitrogen and oxygen atoms in total. The third-order valence-corrected chi connectivity index (χ3v) is 5.66. The molecule has 18 heavy (non-hydrogen) atoms. The molecule has 2 N–H and O–H groups in total. The van der Waals surface area contributed by atoms with E-state index in [2.05, 4.69) is 41.9 Å². The van der Waals surface area contributed by atoms with Gasteiger partial charge >= 0.3 is 0 Å². The summed E-state index contributed by atoms with van der Waals surface area (Å²) >= 11 is 3.74. The normalized spacial score (nSPS) is 11.9. The fourth-order valence-corrected chi connectivity index (χ4v) is 4.63. The Morgan fingerprint density at radius 3 is 2.06 bits per heavy atom. The van der Waals surface area contributed by atoms with Crippen LogP contribution in [0.25, 0.3) is 0 Å². The van der Waals surface area contributed by atoms with Gasteiger partial charge in [0.2, 0.25) is 0 Å². The minimum Gasteiger partial charge on any atom is -0.330 e. The van der Waals surface area contributed by atoms with E-state index in [0.717, 1.165) is 13.0 Å². The van der Waals surface area contributed by atoms with Crippen LogP contribution in [-0.4, -0.2) is 6.54 Å². The third-order valence-electron chi connectivity index (χ3n) is 3.51. The molecule has 0 aliphatic heterocycles. The lowest BCUT2D eigenvalue weighted by Gasteiger charge is -2.32. The molecule has 0 bridgehead atoms. The van der Waals surface area contributed by atoms with Crippen molar-refractivity contribution in [2.45, 2.75) is 38.0 Å². The van der Waals surface area contributed by atoms with Crippen LogP contribution in [0.2, 0.25) is 0 Å². The highest BCUT2D eigenvalue weighted by Crippen LogP contribution is 2.44. The number of hydrogen-bond acceptors (Lipinski definition) is 3. The van der Waals surface area contributed by atoms with Crippen LogP contribution in [0.1, 0.15) is 42.4 Å². The third kappa shape index (κ3) is 2.68. The molecule has 0 aliphatic rings. The highest BCUT2D eigenvalue weighted by Gasteiger charge is 2.34. The Morgan fingerprint density at radius 1 is 1.06 bits per heavy atom. The van der Waals surface area contributed by atoms with Crippen LogP contribution in [-0.2, 0) is 5.41 Å². The van der Waals surface area contributed by atoms with Gasteiger partial charge in [0.05, 0.1) is 0 Å². The van der Waals surface area contributed by atoms with Crippen molar-refractivity contribution < 1.29 is 0 Å². The molecule has 0 unspecified atom stereocenters. The molecule has 0 aromatic carbocycles. The van der Waals surface area contributed by atoms with Gasteiger partial charge in [0, 0.05) is 15.2 Å². The lowest BCUT2D eigenvalue weighted by atomic mass is 9.77. The van der Waals surface area contributed by atoms with Gasteiger partial charge in [-0.1, -0.05) is 31.9 Å². The van der Waals surface area contributed by atoms with Crippen molar-refractivity contribution in [3.05, 3.63) is 44.8 Å². The van der Waals surface area contributed by atoms with E-state index in [1.54, 1.807) is 0 Å². The fraction of sp³-hybridized carbons (Fsp3) is 0.467. The first-order valence-electron chi connectivity index (χ1n) is 6.61. The fourth-order valence-electron chi connectivity index (χ4n) is 2.57. The quantitative estimate of drug-likeness (QED) is 0.785. The van der Waals surface area contributed by atoms with Gasteiger partial charge in [0.15, 0.2) is 0 Å². The first-order valence-corrected chi connectivity index (χ1v) is 8.37. The zero-order valence-electron chi connectivity index (χ0n) is 10.9. The highest BCUT2D eigenvalue weighted by atomic mass is 32.1. The molecule has 0 saturated carbocycles. The summed E-state index contributed by atoms with van der Waals surface area (Å²) in [6.07, 6.45) is 4.76. The maximum Gasteiger partial charge on any atom is 0.0402 e. The molecule has 2 heterocycles. The Kier molecular flexibility index (Phi) is 4.98. The van der Waals surface area contributed by atoms with Crippen LogP contribution in [0.3, 0.4) is 0 Å². The van der Waals surface area contributed by atoms with Crippen molar-refractivity contribution >= 4 is 22.7 Å². The van der Waals surface area contributed by atoms with Gasteiger partial charge in [0.1, 0.15) is 0 Å². The summed E-state index contributed by atoms with van der Waals surface area (Å²) in [7, 11) is 0. The number of thiophene rings is 2. The average Bonchev–Trinajstić information content (AvgIpc) is 3.06. The van der Waals surface area contributed by atoms with Gasteiger partial charge in [-0.2, -0.15) is 0 Å². The van der Waals surface area contributed by atoms with E-state index in [-0.39, 0.29) is 5.41 Å². The van der Waals surface area contributed by atoms with Gasteiger partial charge in [-0.05, 0) is 42.3 Å². The second kappa shape index (κ2) is 6.50. The first kappa shape index (κ1) is 13.8. The average molecular weight is 279 g/mol. The second-order valence-electron chi connectivity index (χ2n) is 4.68. The Hall–Kier alpha value is -0.640. The SMILES string of the molecule is CCCCC(CCN)(c1cccs1)c1cccs1. The molecule has 2 aromatic heterocycles. The lowest BCUT2D eigenvalue weighted by Crippen LogP contribution is -2.29. The van der Waals surface area contributed by atoms with Crippen LogP contribution in [0, 0.1) is 0 Å². The predicted molar refractivity (Wildman–Crippen MR) is 82.6 cm³/mol. The maximum absolute atomic E-state index is 5.91. The highest BCUT2D eigenvalue weighted by molar-refractivity contribution is 7.11. The molecule has 0 amide bonds. The molecule has 0 aliphatic carbocycles. The summed E-state index contributed by atoms with van der Waals surface area (Å²) in [5, 5.41) is 4.36. The molecule has 98 valence electrons. The second-order valence-corrected chi connectivity index (χ2v) is 6.57. The largest absolute Gasteiger partial charge is 0.330 e. The van der Waals surface area contributed by atoms with Gasteiger partial charge in [0.25, 0.3) is 0 Å². The summed E-state index contributed by atoms with van der Waals surface area (Å²) in [6, 6.07) is 8.86. The summed E-state index contributed by atoms with van der Waals surface area (Å²) in [5.74, 6) is 0. The van der Waals surface area contributed by atoms with Crippen molar-refractivity contribution in [2.75, 3.05) is 6.54 Å². The summed E-state index contributed by atoms with van der Waals surface area (Å²) in [6.45, 7) is 3.01. The molecule has 2 rings (SSSR count). The summed E-state index contributed by atoms with van der Waals surface area (Å²) in [4.78, 5) is 2.95. The van der Waals surface area contributed by atoms with E-state index in [4.69, 9.17) is 5.73 Å². The van der Waals surface area contributed by atoms with Gasteiger partial charge in [-0.3, -0.25) is 0 Å². The van der Waals surface area contributed by atoms with Crippen molar-refractivity contribution in [1.82, 2.24) is 0 Å². The van der Waals surface area contributed by atoms with Crippen molar-refractivity contribution in [2.24, 2.45) is 5.73 Å². The minimum absolute atomic E-state index is 0.160. The molecule has 0 fully saturated rings. The van der Waals surface area contributed by atoms with Crippen LogP contribution in [0.4, 0.5) is 0 Å². The molecule has 0 atom stereocenters. The summed E-state index contributed by atoms with van der Waals surface area (Å²) in [5.41, 5.74) is 6.07. The maximum atomic E-state index is 5.91. The lowest BCUT2D eigenvalue weighted by molar-refractivity contribution is 0.440. The van der Waals surface area contributed by atoms with Gasteiger partial charge < -0.3 is 5.73 Å². The van der Waals surface area contributed by atoms with Crippen molar-refractivity contribution in [3.8, 4) is 0 Å². The van der Waals surface area contributed by atoms with Gasteiger partial charge in [-0.15, -0.1) is 22.7 Å². The Balaban J connectivity index is 2.41. The number of nitrogens with two attached hydrogens (primary N) is 1. The molecule has 0 saturated heterocycles. The van der Waals surface area contributed by atoms with Crippen LogP contribution in [0.5, 0.6) is 0 Å². The molecule has 0 radical (unpaired) electrons. The molecular weight excluding hydrogens is 258 g/mol. The van der Waals surface area contributed by atoms with Crippen LogP contribution < -0.4 is 5.73 Å². The topological polar surface area (TPSA) is 26.0 Å². The number of hydrogen-bond donors (Lipinski definition) is 1. The molecular formula is C15H21NS2. The zero-order chi connectivity index (χ0) is 12.8. The number of rotatable bonds is 7. The van der Waals surface area contributed by atoms with Crippen LogP contribution in [0.15, 0.2) is 35.0 Å². The number of unbranched alkanes of at least 4 members (excludes halogenated alkanes) is 1. The van der Waals surface area contributed by atoms with E-state index < -0.39 is 0 Å². The first-order chi connectivity index (χ1) is 8.83. The van der Waals surface area contributed by atoms with Crippen molar-refractivity contribution in [1.29, 1.82) is 0 Å². The van der Waals surface area contributed by atoms with E-state index in [1.165, 1.54) is 29.0 Å². The molecule has 2 aromatic rings. The Labute approximate surface area is 118 Å². The summed E-state index contributed by atoms with van der Waals surface area (Å²) < 4.78 is 0. The van der Waals surface area contributed by atoms with Crippen molar-refractivity contribution in [3.63, 3.8) is 0 Å². The van der Waals surface area contributed by atoms with Gasteiger partial charge in [-0.25, -0.2) is 0 Å². The monoisotopic (exact) mass is 279 g/mol. The van der Waals surface area contributed by atoms with E-state index in [1.807, 2.05) is 22.7 Å². The smallest absolute Gasteiger partial charge is 0.0402 e. The Bertz CT molecular complexity index is 397. The van der Waals surface area contributed by atoms with E-state index in [0.29, 0.717) is 0 Å². The molecule has 3 heteroatoms. The molecule has 0 spiro atoms. The zero-order valence-corrected chi connectivity index (χ0v) is 12.5.